The number of H-pyrrole nitrogens is 1. The maximum absolute atomic E-state index is 12.7. The van der Waals surface area contributed by atoms with Gasteiger partial charge < -0.3 is 14.8 Å². The van der Waals surface area contributed by atoms with E-state index in [2.05, 4.69) is 25.3 Å². The van der Waals surface area contributed by atoms with E-state index < -0.39 is 19.7 Å². The summed E-state index contributed by atoms with van der Waals surface area (Å²) < 4.78 is 11.4. The van der Waals surface area contributed by atoms with Gasteiger partial charge in [-0.3, -0.25) is 14.7 Å². The summed E-state index contributed by atoms with van der Waals surface area (Å²) in [4.78, 5) is 46.2. The molecule has 136 valence electrons. The Balaban J connectivity index is 1.72. The van der Waals surface area contributed by atoms with Crippen LogP contribution in [0.15, 0.2) is 48.8 Å². The number of rotatable bonds is 4. The molecule has 4 aromatic rings. The number of amides is 1. The van der Waals surface area contributed by atoms with Gasteiger partial charge in [-0.1, -0.05) is 36.4 Å². The zero-order valence-electron chi connectivity index (χ0n) is 13.8. The molecule has 1 amide bonds. The van der Waals surface area contributed by atoms with Gasteiger partial charge in [0.2, 0.25) is 5.95 Å². The quantitative estimate of drug-likeness (QED) is 0.397. The maximum atomic E-state index is 12.7. The Hall–Kier alpha value is -3.13. The lowest BCUT2D eigenvalue weighted by atomic mass is 10.0. The predicted octanol–water partition coefficient (Wildman–Crippen LogP) is 2.44. The Bertz CT molecular complexity index is 1210. The number of hydrogen-bond acceptors (Lipinski definition) is 5. The van der Waals surface area contributed by atoms with Gasteiger partial charge in [-0.15, -0.1) is 0 Å². The van der Waals surface area contributed by atoms with Gasteiger partial charge in [-0.2, -0.15) is 4.98 Å². The van der Waals surface area contributed by atoms with Crippen LogP contribution in [0, 0.1) is 0 Å². The molecule has 2 heterocycles. The Morgan fingerprint density at radius 1 is 1.11 bits per heavy atom. The van der Waals surface area contributed by atoms with Crippen LogP contribution >= 0.6 is 7.60 Å². The number of hydrogen-bond donors (Lipinski definition) is 4. The normalized spacial score (nSPS) is 11.8. The second-order valence-corrected chi connectivity index (χ2v) is 7.54. The average Bonchev–Trinajstić information content (AvgIpc) is 3.09. The number of anilines is 1. The molecular weight excluding hydrogens is 369 g/mol. The van der Waals surface area contributed by atoms with Crippen LogP contribution in [0.4, 0.5) is 5.95 Å². The van der Waals surface area contributed by atoms with Gasteiger partial charge in [0, 0.05) is 5.56 Å². The highest BCUT2D eigenvalue weighted by molar-refractivity contribution is 7.50. The molecule has 0 atom stereocenters. The number of nitrogens with zero attached hydrogens (tertiary/aromatic N) is 3. The summed E-state index contributed by atoms with van der Waals surface area (Å²) in [6.45, 7) is 0. The van der Waals surface area contributed by atoms with Crippen molar-refractivity contribution in [1.82, 2.24) is 19.9 Å². The van der Waals surface area contributed by atoms with Crippen molar-refractivity contribution in [3.05, 3.63) is 60.0 Å². The molecule has 0 unspecified atom stereocenters. The summed E-state index contributed by atoms with van der Waals surface area (Å²) in [6, 6.07) is 12.8. The molecule has 0 radical (unpaired) electrons. The summed E-state index contributed by atoms with van der Waals surface area (Å²) in [5.74, 6) is -0.485. The van der Waals surface area contributed by atoms with E-state index in [4.69, 9.17) is 0 Å². The van der Waals surface area contributed by atoms with Gasteiger partial charge >= 0.3 is 7.60 Å². The van der Waals surface area contributed by atoms with Crippen molar-refractivity contribution in [2.24, 2.45) is 0 Å². The van der Waals surface area contributed by atoms with Gasteiger partial charge in [0.05, 0.1) is 18.2 Å². The minimum Gasteiger partial charge on any atom is -0.329 e. The zero-order valence-corrected chi connectivity index (χ0v) is 14.7. The summed E-state index contributed by atoms with van der Waals surface area (Å²) in [5, 5.41) is 4.28. The molecule has 0 aliphatic rings. The fourth-order valence-corrected chi connectivity index (χ4v) is 3.46. The highest BCUT2D eigenvalue weighted by Gasteiger charge is 2.21. The number of fused-ring (bicyclic) bond motifs is 2. The van der Waals surface area contributed by atoms with E-state index in [1.165, 1.54) is 6.33 Å². The molecule has 27 heavy (non-hydrogen) atoms. The van der Waals surface area contributed by atoms with Crippen molar-refractivity contribution >= 4 is 41.4 Å². The highest BCUT2D eigenvalue weighted by Crippen LogP contribution is 2.39. The zero-order chi connectivity index (χ0) is 19.0. The predicted molar refractivity (Wildman–Crippen MR) is 99.3 cm³/mol. The lowest BCUT2D eigenvalue weighted by Gasteiger charge is -2.09. The smallest absolute Gasteiger partial charge is 0.329 e. The van der Waals surface area contributed by atoms with E-state index >= 15 is 0 Å². The van der Waals surface area contributed by atoms with Crippen LogP contribution in [0.5, 0.6) is 0 Å². The van der Waals surface area contributed by atoms with Crippen molar-refractivity contribution in [1.29, 1.82) is 0 Å². The number of carbonyl (C=O) groups excluding carboxylic acids is 1. The fraction of sp³-hybridized carbons (Fsp3) is 0.0588. The number of aromatic nitrogens is 4. The van der Waals surface area contributed by atoms with Crippen LogP contribution in [-0.2, 0) is 10.7 Å². The van der Waals surface area contributed by atoms with Crippen LogP contribution in [0.2, 0.25) is 0 Å². The number of aromatic amines is 1. The molecule has 0 saturated heterocycles. The topological polar surface area (TPSA) is 141 Å². The first-order valence-corrected chi connectivity index (χ1v) is 9.74. The van der Waals surface area contributed by atoms with Gasteiger partial charge in [0.15, 0.2) is 5.65 Å². The largest absolute Gasteiger partial charge is 0.331 e. The van der Waals surface area contributed by atoms with Gasteiger partial charge in [-0.25, -0.2) is 9.97 Å². The van der Waals surface area contributed by atoms with Crippen molar-refractivity contribution in [2.45, 2.75) is 6.16 Å². The molecule has 4 N–H and O–H groups in total. The second kappa shape index (κ2) is 6.55. The van der Waals surface area contributed by atoms with E-state index in [0.717, 1.165) is 10.8 Å². The van der Waals surface area contributed by atoms with E-state index in [1.54, 1.807) is 12.1 Å². The first-order valence-electron chi connectivity index (χ1n) is 7.94. The van der Waals surface area contributed by atoms with Crippen molar-refractivity contribution in [3.8, 4) is 0 Å². The summed E-state index contributed by atoms with van der Waals surface area (Å²) in [5.41, 5.74) is 1.03. The van der Waals surface area contributed by atoms with E-state index in [-0.39, 0.29) is 22.8 Å². The van der Waals surface area contributed by atoms with E-state index in [0.29, 0.717) is 5.56 Å². The molecular formula is C17H14N5O4P. The Kier molecular flexibility index (Phi) is 4.19. The first kappa shape index (κ1) is 17.3. The van der Waals surface area contributed by atoms with Crippen molar-refractivity contribution in [2.75, 3.05) is 5.32 Å². The molecule has 0 fully saturated rings. The molecule has 4 rings (SSSR count). The van der Waals surface area contributed by atoms with Crippen LogP contribution < -0.4 is 5.32 Å². The van der Waals surface area contributed by atoms with Crippen molar-refractivity contribution in [3.63, 3.8) is 0 Å². The van der Waals surface area contributed by atoms with Gasteiger partial charge in [-0.05, 0) is 16.8 Å². The van der Waals surface area contributed by atoms with Crippen LogP contribution in [0.3, 0.4) is 0 Å². The summed E-state index contributed by atoms with van der Waals surface area (Å²) in [6.07, 6.45) is 0.743. The number of carbonyl (C=O) groups is 1. The van der Waals surface area contributed by atoms with E-state index in [1.807, 2.05) is 30.3 Å². The first-order chi connectivity index (χ1) is 12.9. The summed E-state index contributed by atoms with van der Waals surface area (Å²) in [7, 11) is -4.37. The number of benzene rings is 2. The summed E-state index contributed by atoms with van der Waals surface area (Å²) >= 11 is 0. The molecule has 9 nitrogen and oxygen atoms in total. The third-order valence-corrected chi connectivity index (χ3v) is 4.68. The fourth-order valence-electron chi connectivity index (χ4n) is 2.85. The average molecular weight is 383 g/mol. The highest BCUT2D eigenvalue weighted by atomic mass is 31.2. The van der Waals surface area contributed by atoms with Crippen molar-refractivity contribution < 1.29 is 19.1 Å². The Labute approximate surface area is 152 Å². The molecule has 0 bridgehead atoms. The third kappa shape index (κ3) is 3.56. The lowest BCUT2D eigenvalue weighted by molar-refractivity contribution is 0.102. The molecule has 2 aromatic heterocycles. The monoisotopic (exact) mass is 383 g/mol. The third-order valence-electron chi connectivity index (χ3n) is 3.97. The second-order valence-electron chi connectivity index (χ2n) is 5.90. The Morgan fingerprint density at radius 2 is 1.89 bits per heavy atom. The molecule has 10 heteroatoms. The standard InChI is InChI=1S/C17H14N5O4P/c23-16(12-7-3-5-10-4-1-2-6-11(10)12)22-17-20-13(8-27(24,25)26)14-15(21-17)19-9-18-14/h1-7,9H,8H2,(H2,24,25,26)(H2,18,19,20,21,22,23). The van der Waals surface area contributed by atoms with Crippen LogP contribution in [0.25, 0.3) is 21.9 Å². The molecule has 0 aliphatic heterocycles. The SMILES string of the molecule is O=C(Nc1nc(CP(=O)(O)O)c2nc[nH]c2n1)c1cccc2ccccc12. The number of nitrogens with one attached hydrogen (secondary N) is 2. The molecule has 0 aliphatic carbocycles. The maximum Gasteiger partial charge on any atom is 0.331 e. The lowest BCUT2D eigenvalue weighted by Crippen LogP contribution is -2.15. The number of imidazole rings is 1. The minimum atomic E-state index is -4.37. The van der Waals surface area contributed by atoms with Gasteiger partial charge in [0.25, 0.3) is 5.91 Å². The molecule has 2 aromatic carbocycles. The minimum absolute atomic E-state index is 0.0582. The van der Waals surface area contributed by atoms with Gasteiger partial charge in [0.1, 0.15) is 5.52 Å². The Morgan fingerprint density at radius 3 is 2.70 bits per heavy atom. The van der Waals surface area contributed by atoms with E-state index in [9.17, 15) is 19.1 Å². The van der Waals surface area contributed by atoms with Crippen LogP contribution in [0.1, 0.15) is 16.1 Å². The molecule has 0 spiro atoms. The van der Waals surface area contributed by atoms with Crippen LogP contribution in [-0.4, -0.2) is 35.6 Å². The molecule has 0 saturated carbocycles.